The molecule has 1 amide bonds. The summed E-state index contributed by atoms with van der Waals surface area (Å²) < 4.78 is 2.25. The van der Waals surface area contributed by atoms with Crippen LogP contribution in [0, 0.1) is 14.1 Å². The molecule has 1 saturated carbocycles. The zero-order chi connectivity index (χ0) is 15.9. The van der Waals surface area contributed by atoms with Gasteiger partial charge in [0.05, 0.1) is 11.3 Å². The highest BCUT2D eigenvalue weighted by Gasteiger charge is 2.29. The van der Waals surface area contributed by atoms with Crippen LogP contribution >= 0.6 is 45.2 Å². The van der Waals surface area contributed by atoms with Gasteiger partial charge in [0.2, 0.25) is 0 Å². The first-order valence-electron chi connectivity index (χ1n) is 7.12. The Morgan fingerprint density at radius 3 is 2.50 bits per heavy atom. The van der Waals surface area contributed by atoms with Crippen LogP contribution in [-0.2, 0) is 0 Å². The van der Waals surface area contributed by atoms with E-state index in [2.05, 4.69) is 81.7 Å². The number of amides is 1. The van der Waals surface area contributed by atoms with Gasteiger partial charge in [-0.15, -0.1) is 0 Å². The summed E-state index contributed by atoms with van der Waals surface area (Å²) in [5.74, 6) is 0.158. The predicted octanol–water partition coefficient (Wildman–Crippen LogP) is 4.92. The van der Waals surface area contributed by atoms with E-state index < -0.39 is 0 Å². The van der Waals surface area contributed by atoms with Gasteiger partial charge in [-0.25, -0.2) is 0 Å². The molecule has 1 aliphatic rings. The third-order valence-electron chi connectivity index (χ3n) is 3.86. The summed E-state index contributed by atoms with van der Waals surface area (Å²) in [5.41, 5.74) is 10.4. The fourth-order valence-electron chi connectivity index (χ4n) is 2.58. The Balaban J connectivity index is 2.10. The predicted molar refractivity (Wildman–Crippen MR) is 107 cm³/mol. The van der Waals surface area contributed by atoms with Gasteiger partial charge >= 0.3 is 0 Å². The average molecular weight is 518 g/mol. The Morgan fingerprint density at radius 2 is 1.91 bits per heavy atom. The highest BCUT2D eigenvalue weighted by molar-refractivity contribution is 14.1. The van der Waals surface area contributed by atoms with Crippen LogP contribution in [0.15, 0.2) is 30.3 Å². The van der Waals surface area contributed by atoms with Gasteiger partial charge in [0.1, 0.15) is 0 Å². The van der Waals surface area contributed by atoms with Gasteiger partial charge in [-0.05, 0) is 112 Å². The SMILES string of the molecule is Cc1cc(I)ccc1Nc1c(C(N)=O)cc(I)cc1C1CC1. The van der Waals surface area contributed by atoms with E-state index in [9.17, 15) is 4.79 Å². The third-order valence-corrected chi connectivity index (χ3v) is 5.16. The molecule has 0 unspecified atom stereocenters. The normalized spacial score (nSPS) is 14.0. The van der Waals surface area contributed by atoms with Crippen molar-refractivity contribution in [3.05, 3.63) is 54.2 Å². The quantitative estimate of drug-likeness (QED) is 0.565. The van der Waals surface area contributed by atoms with E-state index in [1.165, 1.54) is 22.0 Å². The topological polar surface area (TPSA) is 55.1 Å². The van der Waals surface area contributed by atoms with Gasteiger partial charge in [-0.2, -0.15) is 0 Å². The molecule has 0 aliphatic heterocycles. The Kier molecular flexibility index (Phi) is 4.63. The lowest BCUT2D eigenvalue weighted by Crippen LogP contribution is -2.15. The smallest absolute Gasteiger partial charge is 0.250 e. The average Bonchev–Trinajstić information content (AvgIpc) is 3.27. The number of hydrogen-bond acceptors (Lipinski definition) is 2. The van der Waals surface area contributed by atoms with Crippen molar-refractivity contribution in [3.63, 3.8) is 0 Å². The largest absolute Gasteiger partial charge is 0.366 e. The molecule has 0 bridgehead atoms. The Hall–Kier alpha value is -0.830. The number of carbonyl (C=O) groups is 1. The van der Waals surface area contributed by atoms with E-state index in [0.29, 0.717) is 11.5 Å². The molecule has 3 N–H and O–H groups in total. The fraction of sp³-hybridized carbons (Fsp3) is 0.235. The van der Waals surface area contributed by atoms with E-state index in [0.717, 1.165) is 20.5 Å². The van der Waals surface area contributed by atoms with Crippen LogP contribution in [0.1, 0.15) is 40.2 Å². The van der Waals surface area contributed by atoms with Crippen molar-refractivity contribution in [2.45, 2.75) is 25.7 Å². The van der Waals surface area contributed by atoms with Gasteiger partial charge < -0.3 is 11.1 Å². The van der Waals surface area contributed by atoms with E-state index in [1.807, 2.05) is 6.07 Å². The van der Waals surface area contributed by atoms with E-state index in [4.69, 9.17) is 5.73 Å². The van der Waals surface area contributed by atoms with Gasteiger partial charge in [-0.3, -0.25) is 4.79 Å². The zero-order valence-corrected chi connectivity index (χ0v) is 16.4. The van der Waals surface area contributed by atoms with Crippen LogP contribution in [0.4, 0.5) is 11.4 Å². The Morgan fingerprint density at radius 1 is 1.18 bits per heavy atom. The first kappa shape index (κ1) is 16.0. The van der Waals surface area contributed by atoms with Gasteiger partial charge in [0.15, 0.2) is 0 Å². The first-order chi connectivity index (χ1) is 10.5. The lowest BCUT2D eigenvalue weighted by molar-refractivity contribution is 0.100. The number of rotatable bonds is 4. The summed E-state index contributed by atoms with van der Waals surface area (Å²) in [5, 5.41) is 3.46. The maximum Gasteiger partial charge on any atom is 0.250 e. The molecule has 114 valence electrons. The van der Waals surface area contributed by atoms with Crippen LogP contribution in [0.25, 0.3) is 0 Å². The third kappa shape index (κ3) is 3.40. The van der Waals surface area contributed by atoms with Crippen molar-refractivity contribution >= 4 is 62.5 Å². The van der Waals surface area contributed by atoms with Crippen LogP contribution in [0.2, 0.25) is 0 Å². The number of benzene rings is 2. The lowest BCUT2D eigenvalue weighted by Gasteiger charge is -2.17. The van der Waals surface area contributed by atoms with Crippen molar-refractivity contribution in [1.82, 2.24) is 0 Å². The molecular weight excluding hydrogens is 502 g/mol. The number of hydrogen-bond donors (Lipinski definition) is 2. The second-order valence-corrected chi connectivity index (χ2v) is 8.13. The molecule has 0 radical (unpaired) electrons. The molecule has 0 heterocycles. The van der Waals surface area contributed by atoms with Gasteiger partial charge in [0, 0.05) is 12.8 Å². The number of halogens is 2. The minimum atomic E-state index is -0.383. The molecule has 0 atom stereocenters. The Bertz CT molecular complexity index is 755. The Labute approximate surface area is 157 Å². The molecule has 1 fully saturated rings. The second-order valence-electron chi connectivity index (χ2n) is 5.64. The molecule has 3 nitrogen and oxygen atoms in total. The maximum absolute atomic E-state index is 11.9. The summed E-state index contributed by atoms with van der Waals surface area (Å²) >= 11 is 4.55. The molecule has 0 spiro atoms. The summed E-state index contributed by atoms with van der Waals surface area (Å²) in [6.07, 6.45) is 2.36. The molecule has 5 heteroatoms. The molecule has 0 aromatic heterocycles. The number of nitrogens with one attached hydrogen (secondary N) is 1. The van der Waals surface area contributed by atoms with Crippen molar-refractivity contribution in [2.75, 3.05) is 5.32 Å². The standard InChI is InChI=1S/C17H16I2N2O/c1-9-6-11(18)4-5-15(9)21-16-13(10-2-3-10)7-12(19)8-14(16)17(20)22/h4-8,10,21H,2-3H2,1H3,(H2,20,22). The number of primary amides is 1. The number of anilines is 2. The summed E-state index contributed by atoms with van der Waals surface area (Å²) in [6, 6.07) is 10.3. The van der Waals surface area contributed by atoms with Crippen molar-refractivity contribution in [1.29, 1.82) is 0 Å². The highest BCUT2D eigenvalue weighted by atomic mass is 127. The molecule has 0 saturated heterocycles. The number of aryl methyl sites for hydroxylation is 1. The van der Waals surface area contributed by atoms with Crippen molar-refractivity contribution in [3.8, 4) is 0 Å². The molecular formula is C17H16I2N2O. The lowest BCUT2D eigenvalue weighted by atomic mass is 10.0. The summed E-state index contributed by atoms with van der Waals surface area (Å²) in [7, 11) is 0. The van der Waals surface area contributed by atoms with E-state index >= 15 is 0 Å². The van der Waals surface area contributed by atoms with Crippen LogP contribution in [0.5, 0.6) is 0 Å². The van der Waals surface area contributed by atoms with Crippen LogP contribution in [-0.4, -0.2) is 5.91 Å². The molecule has 2 aromatic carbocycles. The molecule has 22 heavy (non-hydrogen) atoms. The number of carbonyl (C=O) groups excluding carboxylic acids is 1. The second kappa shape index (κ2) is 6.35. The molecule has 1 aliphatic carbocycles. The maximum atomic E-state index is 11.9. The fourth-order valence-corrected chi connectivity index (χ4v) is 3.87. The van der Waals surface area contributed by atoms with Crippen molar-refractivity contribution < 1.29 is 4.79 Å². The molecule has 2 aromatic rings. The first-order valence-corrected chi connectivity index (χ1v) is 9.28. The van der Waals surface area contributed by atoms with Crippen molar-refractivity contribution in [2.24, 2.45) is 5.73 Å². The van der Waals surface area contributed by atoms with Crippen LogP contribution in [0.3, 0.4) is 0 Å². The van der Waals surface area contributed by atoms with E-state index in [-0.39, 0.29) is 5.91 Å². The van der Waals surface area contributed by atoms with Gasteiger partial charge in [-0.1, -0.05) is 0 Å². The highest BCUT2D eigenvalue weighted by Crippen LogP contribution is 2.46. The summed E-state index contributed by atoms with van der Waals surface area (Å²) in [4.78, 5) is 11.9. The van der Waals surface area contributed by atoms with E-state index in [1.54, 1.807) is 0 Å². The minimum Gasteiger partial charge on any atom is -0.366 e. The minimum absolute atomic E-state index is 0.383. The summed E-state index contributed by atoms with van der Waals surface area (Å²) in [6.45, 7) is 2.07. The van der Waals surface area contributed by atoms with Crippen LogP contribution < -0.4 is 11.1 Å². The monoisotopic (exact) mass is 518 g/mol. The molecule has 3 rings (SSSR count). The van der Waals surface area contributed by atoms with Gasteiger partial charge in [0.25, 0.3) is 5.91 Å². The number of nitrogens with two attached hydrogens (primary N) is 1. The zero-order valence-electron chi connectivity index (χ0n) is 12.1.